The van der Waals surface area contributed by atoms with Gasteiger partial charge in [-0.25, -0.2) is 0 Å². The molecule has 0 heterocycles. The van der Waals surface area contributed by atoms with Crippen LogP contribution >= 0.6 is 0 Å². The molecule has 3 nitrogen and oxygen atoms in total. The van der Waals surface area contributed by atoms with Crippen LogP contribution in [0.25, 0.3) is 0 Å². The minimum absolute atomic E-state index is 0.455. The van der Waals surface area contributed by atoms with Gasteiger partial charge in [0.05, 0.1) is 19.8 Å². The molecule has 3 heteroatoms. The average Bonchev–Trinajstić information content (AvgIpc) is 2.49. The van der Waals surface area contributed by atoms with Crippen molar-refractivity contribution in [3.05, 3.63) is 12.2 Å². The normalized spacial score (nSPS) is 9.38. The van der Waals surface area contributed by atoms with Gasteiger partial charge >= 0.3 is 5.95 Å². The maximum atomic E-state index is 5.10. The molecule has 0 aromatic carbocycles. The molecule has 0 radical (unpaired) electrons. The standard InChI is InChI=1S/C10H22.C8H16O3/c1-3-5-7-9-10-8-6-4-2;1-4-9-7-8(10-5-2)11-6-3/h3-10H2,1-2H3;7H,4-6H2,1-3H3. The second-order valence-electron chi connectivity index (χ2n) is 4.88. The Kier molecular flexibility index (Phi) is 22.9. The Morgan fingerprint density at radius 1 is 0.619 bits per heavy atom. The van der Waals surface area contributed by atoms with Crippen LogP contribution in [0.2, 0.25) is 0 Å². The Morgan fingerprint density at radius 3 is 1.38 bits per heavy atom. The maximum absolute atomic E-state index is 5.10. The molecule has 21 heavy (non-hydrogen) atoms. The van der Waals surface area contributed by atoms with E-state index < -0.39 is 0 Å². The van der Waals surface area contributed by atoms with Gasteiger partial charge in [-0.05, 0) is 20.8 Å². The summed E-state index contributed by atoms with van der Waals surface area (Å²) in [6.07, 6.45) is 13.0. The van der Waals surface area contributed by atoms with E-state index >= 15 is 0 Å². The van der Waals surface area contributed by atoms with E-state index in [1.807, 2.05) is 20.8 Å². The molecule has 0 bridgehead atoms. The number of unbranched alkanes of at least 4 members (excludes halogenated alkanes) is 7. The molecule has 0 aromatic heterocycles. The van der Waals surface area contributed by atoms with Gasteiger partial charge in [0, 0.05) is 0 Å². The molecule has 0 fully saturated rings. The van der Waals surface area contributed by atoms with Gasteiger partial charge in [0.1, 0.15) is 0 Å². The fourth-order valence-corrected chi connectivity index (χ4v) is 1.75. The zero-order valence-electron chi connectivity index (χ0n) is 15.1. The summed E-state index contributed by atoms with van der Waals surface area (Å²) < 4.78 is 15.2. The van der Waals surface area contributed by atoms with Gasteiger partial charge in [-0.3, -0.25) is 0 Å². The molecule has 0 unspecified atom stereocenters. The molecule has 0 aliphatic carbocycles. The molecule has 0 N–H and O–H groups in total. The highest BCUT2D eigenvalue weighted by atomic mass is 16.7. The third-order valence-corrected chi connectivity index (χ3v) is 2.88. The lowest BCUT2D eigenvalue weighted by Gasteiger charge is -2.07. The Hall–Kier alpha value is -0.860. The van der Waals surface area contributed by atoms with Gasteiger partial charge in [-0.1, -0.05) is 65.2 Å². The van der Waals surface area contributed by atoms with E-state index in [4.69, 9.17) is 14.2 Å². The van der Waals surface area contributed by atoms with Crippen molar-refractivity contribution in [2.45, 2.75) is 86.0 Å². The summed E-state index contributed by atoms with van der Waals surface area (Å²) in [5.41, 5.74) is 0. The van der Waals surface area contributed by atoms with Crippen molar-refractivity contribution in [1.82, 2.24) is 0 Å². The highest BCUT2D eigenvalue weighted by Gasteiger charge is 1.95. The van der Waals surface area contributed by atoms with Crippen molar-refractivity contribution < 1.29 is 14.2 Å². The van der Waals surface area contributed by atoms with Gasteiger partial charge in [0.15, 0.2) is 6.26 Å². The number of hydrogen-bond acceptors (Lipinski definition) is 3. The SMILES string of the molecule is CCCCCCCCCC.CCOC=C(OCC)OCC. The molecule has 0 aromatic rings. The first-order valence-corrected chi connectivity index (χ1v) is 8.83. The lowest BCUT2D eigenvalue weighted by molar-refractivity contribution is 0.0322. The van der Waals surface area contributed by atoms with Crippen molar-refractivity contribution in [1.29, 1.82) is 0 Å². The van der Waals surface area contributed by atoms with Crippen LogP contribution in [-0.2, 0) is 14.2 Å². The Morgan fingerprint density at radius 2 is 1.05 bits per heavy atom. The largest absolute Gasteiger partial charge is 0.494 e. The van der Waals surface area contributed by atoms with Crippen LogP contribution in [0.1, 0.15) is 86.0 Å². The predicted octanol–water partition coefficient (Wildman–Crippen LogP) is 6.04. The fourth-order valence-electron chi connectivity index (χ4n) is 1.75. The monoisotopic (exact) mass is 302 g/mol. The third-order valence-electron chi connectivity index (χ3n) is 2.88. The number of hydrogen-bond donors (Lipinski definition) is 0. The number of rotatable bonds is 13. The second-order valence-corrected chi connectivity index (χ2v) is 4.88. The predicted molar refractivity (Wildman–Crippen MR) is 91.2 cm³/mol. The van der Waals surface area contributed by atoms with Crippen molar-refractivity contribution in [3.8, 4) is 0 Å². The zero-order chi connectivity index (χ0) is 16.2. The summed E-state index contributed by atoms with van der Waals surface area (Å²) in [6.45, 7) is 12.1. The van der Waals surface area contributed by atoms with E-state index in [0.717, 1.165) is 0 Å². The molecule has 0 saturated heterocycles. The van der Waals surface area contributed by atoms with Crippen LogP contribution in [-0.4, -0.2) is 19.8 Å². The summed E-state index contributed by atoms with van der Waals surface area (Å²) in [4.78, 5) is 0. The van der Waals surface area contributed by atoms with Gasteiger partial charge in [-0.15, -0.1) is 0 Å². The van der Waals surface area contributed by atoms with Crippen LogP contribution < -0.4 is 0 Å². The summed E-state index contributed by atoms with van der Waals surface area (Å²) in [5, 5.41) is 0. The Labute approximate surface area is 133 Å². The highest BCUT2D eigenvalue weighted by molar-refractivity contribution is 4.74. The van der Waals surface area contributed by atoms with E-state index in [1.165, 1.54) is 57.6 Å². The fraction of sp³-hybridized carbons (Fsp3) is 0.889. The van der Waals surface area contributed by atoms with Crippen molar-refractivity contribution in [2.24, 2.45) is 0 Å². The molecule has 0 rings (SSSR count). The molecule has 0 spiro atoms. The molecule has 0 saturated carbocycles. The van der Waals surface area contributed by atoms with Crippen LogP contribution in [0.4, 0.5) is 0 Å². The van der Waals surface area contributed by atoms with Gasteiger partial charge in [-0.2, -0.15) is 0 Å². The average molecular weight is 302 g/mol. The molecular weight excluding hydrogens is 264 g/mol. The molecule has 0 amide bonds. The molecular formula is C18H38O3. The smallest absolute Gasteiger partial charge is 0.315 e. The van der Waals surface area contributed by atoms with Crippen LogP contribution in [0.3, 0.4) is 0 Å². The van der Waals surface area contributed by atoms with E-state index in [2.05, 4.69) is 13.8 Å². The first-order chi connectivity index (χ1) is 10.3. The molecule has 0 aliphatic rings. The minimum Gasteiger partial charge on any atom is -0.494 e. The highest BCUT2D eigenvalue weighted by Crippen LogP contribution is 2.07. The van der Waals surface area contributed by atoms with Gasteiger partial charge < -0.3 is 14.2 Å². The number of ether oxygens (including phenoxy) is 3. The molecule has 0 aliphatic heterocycles. The summed E-state index contributed by atoms with van der Waals surface area (Å²) in [6, 6.07) is 0. The Bertz CT molecular complexity index is 187. The van der Waals surface area contributed by atoms with Crippen LogP contribution in [0.5, 0.6) is 0 Å². The maximum Gasteiger partial charge on any atom is 0.315 e. The van der Waals surface area contributed by atoms with Crippen molar-refractivity contribution >= 4 is 0 Å². The first-order valence-electron chi connectivity index (χ1n) is 8.83. The van der Waals surface area contributed by atoms with Crippen molar-refractivity contribution in [2.75, 3.05) is 19.8 Å². The lowest BCUT2D eigenvalue weighted by atomic mass is 10.1. The zero-order valence-corrected chi connectivity index (χ0v) is 15.1. The molecule has 0 atom stereocenters. The third kappa shape index (κ3) is 21.6. The first kappa shape index (κ1) is 22.4. The topological polar surface area (TPSA) is 27.7 Å². The summed E-state index contributed by atoms with van der Waals surface area (Å²) in [7, 11) is 0. The van der Waals surface area contributed by atoms with E-state index in [1.54, 1.807) is 0 Å². The van der Waals surface area contributed by atoms with E-state index in [-0.39, 0.29) is 0 Å². The summed E-state index contributed by atoms with van der Waals surface area (Å²) in [5.74, 6) is 0.455. The lowest BCUT2D eigenvalue weighted by Crippen LogP contribution is -1.98. The van der Waals surface area contributed by atoms with Crippen LogP contribution in [0.15, 0.2) is 12.2 Å². The van der Waals surface area contributed by atoms with Crippen LogP contribution in [0, 0.1) is 0 Å². The Balaban J connectivity index is 0. The van der Waals surface area contributed by atoms with Crippen molar-refractivity contribution in [3.63, 3.8) is 0 Å². The minimum atomic E-state index is 0.455. The van der Waals surface area contributed by atoms with E-state index in [0.29, 0.717) is 25.8 Å². The summed E-state index contributed by atoms with van der Waals surface area (Å²) >= 11 is 0. The van der Waals surface area contributed by atoms with Gasteiger partial charge in [0.2, 0.25) is 0 Å². The quantitative estimate of drug-likeness (QED) is 0.306. The second kappa shape index (κ2) is 21.4. The molecule has 128 valence electrons. The van der Waals surface area contributed by atoms with E-state index in [9.17, 15) is 0 Å². The van der Waals surface area contributed by atoms with Gasteiger partial charge in [0.25, 0.3) is 0 Å².